The fourth-order valence-corrected chi connectivity index (χ4v) is 2.11. The lowest BCUT2D eigenvalue weighted by Crippen LogP contribution is -2.35. The number of hydrogen-bond donors (Lipinski definition) is 1. The molecule has 0 aliphatic rings. The predicted molar refractivity (Wildman–Crippen MR) is 71.7 cm³/mol. The second kappa shape index (κ2) is 7.45. The molecule has 0 radical (unpaired) electrons. The minimum Gasteiger partial charge on any atom is -0.311 e. The molecule has 0 heterocycles. The quantitative estimate of drug-likeness (QED) is 0.736. The van der Waals surface area contributed by atoms with Gasteiger partial charge in [-0.3, -0.25) is 0 Å². The lowest BCUT2D eigenvalue weighted by molar-refractivity contribution is 0.434. The van der Waals surface area contributed by atoms with Crippen LogP contribution in [0.3, 0.4) is 0 Å². The summed E-state index contributed by atoms with van der Waals surface area (Å²) >= 11 is 0. The van der Waals surface area contributed by atoms with Crippen molar-refractivity contribution in [2.75, 3.05) is 0 Å². The molecule has 1 nitrogen and oxygen atoms in total. The fraction of sp³-hybridized carbons (Fsp3) is 0.600. The minimum atomic E-state index is 0.564. The highest BCUT2D eigenvalue weighted by Gasteiger charge is 2.07. The van der Waals surface area contributed by atoms with Crippen LogP contribution in [0, 0.1) is 0 Å². The highest BCUT2D eigenvalue weighted by Crippen LogP contribution is 2.05. The van der Waals surface area contributed by atoms with Crippen LogP contribution in [0.25, 0.3) is 0 Å². The summed E-state index contributed by atoms with van der Waals surface area (Å²) in [5.41, 5.74) is 1.42. The van der Waals surface area contributed by atoms with Gasteiger partial charge in [0.25, 0.3) is 0 Å². The summed E-state index contributed by atoms with van der Waals surface area (Å²) < 4.78 is 0. The van der Waals surface area contributed by atoms with E-state index in [4.69, 9.17) is 0 Å². The zero-order chi connectivity index (χ0) is 11.8. The first-order chi connectivity index (χ1) is 7.72. The van der Waals surface area contributed by atoms with Crippen molar-refractivity contribution in [2.45, 2.75) is 58.5 Å². The van der Waals surface area contributed by atoms with E-state index in [1.165, 1.54) is 24.8 Å². The van der Waals surface area contributed by atoms with Gasteiger partial charge in [0.05, 0.1) is 0 Å². The molecular formula is C15H25N. The summed E-state index contributed by atoms with van der Waals surface area (Å²) in [5.74, 6) is 0. The Morgan fingerprint density at radius 3 is 2.38 bits per heavy atom. The first-order valence-corrected chi connectivity index (χ1v) is 6.52. The summed E-state index contributed by atoms with van der Waals surface area (Å²) in [6.07, 6.45) is 5.03. The van der Waals surface area contributed by atoms with Gasteiger partial charge in [-0.05, 0) is 32.3 Å². The summed E-state index contributed by atoms with van der Waals surface area (Å²) in [6.45, 7) is 6.81. The van der Waals surface area contributed by atoms with Gasteiger partial charge < -0.3 is 5.32 Å². The van der Waals surface area contributed by atoms with E-state index in [-0.39, 0.29) is 0 Å². The van der Waals surface area contributed by atoms with Crippen molar-refractivity contribution in [3.05, 3.63) is 35.9 Å². The molecule has 0 fully saturated rings. The largest absolute Gasteiger partial charge is 0.311 e. The Kier molecular flexibility index (Phi) is 6.17. The van der Waals surface area contributed by atoms with Gasteiger partial charge in [0, 0.05) is 12.1 Å². The molecular weight excluding hydrogens is 194 g/mol. The highest BCUT2D eigenvalue weighted by atomic mass is 14.9. The average molecular weight is 219 g/mol. The molecule has 0 saturated carbocycles. The van der Waals surface area contributed by atoms with Gasteiger partial charge in [0.1, 0.15) is 0 Å². The van der Waals surface area contributed by atoms with Crippen molar-refractivity contribution < 1.29 is 0 Å². The zero-order valence-corrected chi connectivity index (χ0v) is 10.9. The average Bonchev–Trinajstić information content (AvgIpc) is 2.27. The molecule has 1 rings (SSSR count). The number of nitrogens with one attached hydrogen (secondary N) is 1. The maximum absolute atomic E-state index is 3.66. The molecule has 90 valence electrons. The van der Waals surface area contributed by atoms with E-state index < -0.39 is 0 Å². The van der Waals surface area contributed by atoms with Gasteiger partial charge in [0.2, 0.25) is 0 Å². The van der Waals surface area contributed by atoms with Crippen LogP contribution in [0.15, 0.2) is 30.3 Å². The van der Waals surface area contributed by atoms with E-state index in [2.05, 4.69) is 56.4 Å². The van der Waals surface area contributed by atoms with Gasteiger partial charge in [-0.25, -0.2) is 0 Å². The van der Waals surface area contributed by atoms with Gasteiger partial charge in [0.15, 0.2) is 0 Å². The van der Waals surface area contributed by atoms with Gasteiger partial charge in [-0.15, -0.1) is 0 Å². The lowest BCUT2D eigenvalue weighted by atomic mass is 10.1. The van der Waals surface area contributed by atoms with Gasteiger partial charge >= 0.3 is 0 Å². The number of rotatable bonds is 7. The fourth-order valence-electron chi connectivity index (χ4n) is 2.11. The Morgan fingerprint density at radius 1 is 1.06 bits per heavy atom. The normalized spacial score (nSPS) is 14.7. The van der Waals surface area contributed by atoms with Crippen molar-refractivity contribution in [3.8, 4) is 0 Å². The van der Waals surface area contributed by atoms with Crippen LogP contribution < -0.4 is 5.32 Å². The summed E-state index contributed by atoms with van der Waals surface area (Å²) in [5, 5.41) is 3.66. The first kappa shape index (κ1) is 13.2. The topological polar surface area (TPSA) is 12.0 Å². The molecule has 1 aromatic carbocycles. The van der Waals surface area contributed by atoms with E-state index in [1.54, 1.807) is 0 Å². The second-order valence-electron chi connectivity index (χ2n) is 4.80. The molecule has 0 amide bonds. The molecule has 1 N–H and O–H groups in total. The van der Waals surface area contributed by atoms with Crippen LogP contribution in [0.5, 0.6) is 0 Å². The molecule has 0 aromatic heterocycles. The third-order valence-electron chi connectivity index (χ3n) is 2.94. The van der Waals surface area contributed by atoms with Crippen LogP contribution in [-0.2, 0) is 6.42 Å². The molecule has 1 heteroatoms. The third-order valence-corrected chi connectivity index (χ3v) is 2.94. The molecule has 0 bridgehead atoms. The van der Waals surface area contributed by atoms with Crippen LogP contribution in [0.2, 0.25) is 0 Å². The Balaban J connectivity index is 2.27. The van der Waals surface area contributed by atoms with E-state index in [0.29, 0.717) is 12.1 Å². The van der Waals surface area contributed by atoms with E-state index in [0.717, 1.165) is 6.42 Å². The Hall–Kier alpha value is -0.820. The molecule has 0 aliphatic heterocycles. The summed E-state index contributed by atoms with van der Waals surface area (Å²) in [7, 11) is 0. The Morgan fingerprint density at radius 2 is 1.75 bits per heavy atom. The standard InChI is InChI=1S/C15H25N/c1-4-5-9-13(2)16-14(3)12-15-10-7-6-8-11-15/h6-8,10-11,13-14,16H,4-5,9,12H2,1-3H3. The third kappa shape index (κ3) is 5.32. The summed E-state index contributed by atoms with van der Waals surface area (Å²) in [6, 6.07) is 11.9. The van der Waals surface area contributed by atoms with Crippen LogP contribution in [0.1, 0.15) is 45.6 Å². The number of hydrogen-bond acceptors (Lipinski definition) is 1. The molecule has 0 aliphatic carbocycles. The van der Waals surface area contributed by atoms with Crippen molar-refractivity contribution in [1.29, 1.82) is 0 Å². The molecule has 0 saturated heterocycles. The van der Waals surface area contributed by atoms with E-state index >= 15 is 0 Å². The second-order valence-corrected chi connectivity index (χ2v) is 4.80. The van der Waals surface area contributed by atoms with Crippen LogP contribution >= 0.6 is 0 Å². The molecule has 2 unspecified atom stereocenters. The predicted octanol–water partition coefficient (Wildman–Crippen LogP) is 3.79. The maximum atomic E-state index is 3.66. The SMILES string of the molecule is CCCCC(C)NC(C)Cc1ccccc1. The van der Waals surface area contributed by atoms with E-state index in [9.17, 15) is 0 Å². The van der Waals surface area contributed by atoms with Crippen molar-refractivity contribution in [2.24, 2.45) is 0 Å². The Labute approximate surface area is 100 Å². The molecule has 2 atom stereocenters. The summed E-state index contributed by atoms with van der Waals surface area (Å²) in [4.78, 5) is 0. The first-order valence-electron chi connectivity index (χ1n) is 6.52. The van der Waals surface area contributed by atoms with Gasteiger partial charge in [-0.2, -0.15) is 0 Å². The van der Waals surface area contributed by atoms with Crippen LogP contribution in [-0.4, -0.2) is 12.1 Å². The van der Waals surface area contributed by atoms with Crippen molar-refractivity contribution in [1.82, 2.24) is 5.32 Å². The van der Waals surface area contributed by atoms with Crippen molar-refractivity contribution in [3.63, 3.8) is 0 Å². The Bertz CT molecular complexity index is 268. The lowest BCUT2D eigenvalue weighted by Gasteiger charge is -2.20. The number of benzene rings is 1. The molecule has 1 aromatic rings. The van der Waals surface area contributed by atoms with Gasteiger partial charge in [-0.1, -0.05) is 50.1 Å². The highest BCUT2D eigenvalue weighted by molar-refractivity contribution is 5.15. The molecule has 16 heavy (non-hydrogen) atoms. The smallest absolute Gasteiger partial charge is 0.00816 e. The zero-order valence-electron chi connectivity index (χ0n) is 10.9. The van der Waals surface area contributed by atoms with Crippen molar-refractivity contribution >= 4 is 0 Å². The number of unbranched alkanes of at least 4 members (excludes halogenated alkanes) is 1. The van der Waals surface area contributed by atoms with E-state index in [1.807, 2.05) is 0 Å². The molecule has 0 spiro atoms. The maximum Gasteiger partial charge on any atom is 0.00816 e. The monoisotopic (exact) mass is 219 g/mol. The minimum absolute atomic E-state index is 0.564. The van der Waals surface area contributed by atoms with Crippen LogP contribution in [0.4, 0.5) is 0 Å².